The molecule has 2 N–H and O–H groups in total. The van der Waals surface area contributed by atoms with Gasteiger partial charge in [0.15, 0.2) is 11.8 Å². The minimum absolute atomic E-state index is 0. The van der Waals surface area contributed by atoms with Gasteiger partial charge in [-0.25, -0.2) is 14.7 Å². The van der Waals surface area contributed by atoms with E-state index in [0.717, 1.165) is 58.1 Å². The molecule has 0 bridgehead atoms. The molecule has 2 aliphatic rings. The van der Waals surface area contributed by atoms with Crippen molar-refractivity contribution in [1.82, 2.24) is 35.2 Å². The molecule has 1 amide bonds. The summed E-state index contributed by atoms with van der Waals surface area (Å²) >= 11 is 0. The number of aryl methyl sites for hydroxylation is 1. The van der Waals surface area contributed by atoms with Gasteiger partial charge in [0.2, 0.25) is 5.91 Å². The molecule has 1 saturated heterocycles. The molecule has 176 valence electrons. The number of ether oxygens (including phenoxy) is 2. The number of fused-ring (bicyclic) bond motifs is 1. The Morgan fingerprint density at radius 2 is 2.13 bits per heavy atom. The Hall–Kier alpha value is -1.51. The van der Waals surface area contributed by atoms with E-state index in [1.54, 1.807) is 26.1 Å². The largest absolute Gasteiger partial charge is 0.379 e. The van der Waals surface area contributed by atoms with Gasteiger partial charge in [-0.15, -0.1) is 24.0 Å². The molecule has 0 aromatic carbocycles. The van der Waals surface area contributed by atoms with Gasteiger partial charge in [0.1, 0.15) is 19.0 Å². The van der Waals surface area contributed by atoms with Gasteiger partial charge >= 0.3 is 0 Å². The number of methoxy groups -OCH3 is 1. The summed E-state index contributed by atoms with van der Waals surface area (Å²) in [6, 6.07) is 0.165. The standard InChI is InChI=1S/C19H34N8O3.HI/c1-25(2)18(28)12-21-19(20-6-7-26-8-10-30-11-9-26)22-15-4-5-17-23-16(14-29-3)24-27(17)13-15;/h15H,4-14H2,1-3H3,(H2,20,21,22);1H. The van der Waals surface area contributed by atoms with Gasteiger partial charge in [0, 0.05) is 59.8 Å². The summed E-state index contributed by atoms with van der Waals surface area (Å²) in [5, 5.41) is 11.4. The Balaban J connectivity index is 0.00000341. The van der Waals surface area contributed by atoms with Crippen LogP contribution in [0.15, 0.2) is 4.99 Å². The van der Waals surface area contributed by atoms with Crippen molar-refractivity contribution in [2.75, 3.05) is 67.1 Å². The molecular formula is C19H35IN8O3. The van der Waals surface area contributed by atoms with Crippen molar-refractivity contribution < 1.29 is 14.3 Å². The third-order valence-electron chi connectivity index (χ3n) is 5.21. The highest BCUT2D eigenvalue weighted by atomic mass is 127. The van der Waals surface area contributed by atoms with Crippen molar-refractivity contribution in [3.05, 3.63) is 11.6 Å². The third-order valence-corrected chi connectivity index (χ3v) is 5.21. The molecule has 1 aromatic rings. The topological polar surface area (TPSA) is 109 Å². The first kappa shape index (κ1) is 25.7. The average Bonchev–Trinajstić information content (AvgIpc) is 3.14. The van der Waals surface area contributed by atoms with E-state index in [1.807, 2.05) is 4.68 Å². The molecule has 31 heavy (non-hydrogen) atoms. The lowest BCUT2D eigenvalue weighted by molar-refractivity contribution is -0.127. The summed E-state index contributed by atoms with van der Waals surface area (Å²) in [4.78, 5) is 24.9. The zero-order valence-electron chi connectivity index (χ0n) is 18.7. The summed E-state index contributed by atoms with van der Waals surface area (Å²) in [5.41, 5.74) is 0. The fourth-order valence-electron chi connectivity index (χ4n) is 3.46. The molecule has 0 aliphatic carbocycles. The summed E-state index contributed by atoms with van der Waals surface area (Å²) in [7, 11) is 5.12. The fraction of sp³-hybridized carbons (Fsp3) is 0.789. The van der Waals surface area contributed by atoms with Crippen LogP contribution in [0.25, 0.3) is 0 Å². The van der Waals surface area contributed by atoms with Gasteiger partial charge in [-0.2, -0.15) is 5.10 Å². The lowest BCUT2D eigenvalue weighted by Crippen LogP contribution is -2.49. The van der Waals surface area contributed by atoms with Crippen LogP contribution < -0.4 is 10.6 Å². The highest BCUT2D eigenvalue weighted by Crippen LogP contribution is 2.13. The molecule has 0 saturated carbocycles. The third kappa shape index (κ3) is 8.16. The van der Waals surface area contributed by atoms with Gasteiger partial charge in [-0.1, -0.05) is 0 Å². The zero-order valence-corrected chi connectivity index (χ0v) is 21.0. The van der Waals surface area contributed by atoms with Gasteiger partial charge in [0.25, 0.3) is 0 Å². The van der Waals surface area contributed by atoms with Crippen LogP contribution in [0.5, 0.6) is 0 Å². The Labute approximate surface area is 200 Å². The number of nitrogens with zero attached hydrogens (tertiary/aromatic N) is 6. The zero-order chi connectivity index (χ0) is 21.3. The summed E-state index contributed by atoms with van der Waals surface area (Å²) in [6.45, 7) is 6.35. The number of rotatable bonds is 8. The number of carbonyl (C=O) groups excluding carboxylic acids is 1. The lowest BCUT2D eigenvalue weighted by atomic mass is 10.1. The van der Waals surface area contributed by atoms with Crippen molar-refractivity contribution in [1.29, 1.82) is 0 Å². The number of nitrogens with one attached hydrogen (secondary N) is 2. The van der Waals surface area contributed by atoms with Crippen LogP contribution in [0.4, 0.5) is 0 Å². The average molecular weight is 550 g/mol. The van der Waals surface area contributed by atoms with Gasteiger partial charge < -0.3 is 25.0 Å². The summed E-state index contributed by atoms with van der Waals surface area (Å²) in [5.74, 6) is 2.32. The number of amides is 1. The molecular weight excluding hydrogens is 515 g/mol. The number of likely N-dealkylation sites (N-methyl/N-ethyl adjacent to an activating group) is 1. The highest BCUT2D eigenvalue weighted by Gasteiger charge is 2.22. The van der Waals surface area contributed by atoms with Crippen LogP contribution in [0.1, 0.15) is 18.1 Å². The van der Waals surface area contributed by atoms with Crippen molar-refractivity contribution >= 4 is 35.8 Å². The molecule has 2 aliphatic heterocycles. The summed E-state index contributed by atoms with van der Waals surface area (Å²) in [6.07, 6.45) is 1.77. The molecule has 0 spiro atoms. The van der Waals surface area contributed by atoms with Crippen LogP contribution in [-0.4, -0.2) is 110 Å². The minimum Gasteiger partial charge on any atom is -0.379 e. The monoisotopic (exact) mass is 550 g/mol. The van der Waals surface area contributed by atoms with Crippen LogP contribution in [0.2, 0.25) is 0 Å². The van der Waals surface area contributed by atoms with Crippen LogP contribution >= 0.6 is 24.0 Å². The second-order valence-electron chi connectivity index (χ2n) is 7.77. The Morgan fingerprint density at radius 1 is 1.35 bits per heavy atom. The van der Waals surface area contributed by atoms with E-state index in [-0.39, 0.29) is 42.5 Å². The van der Waals surface area contributed by atoms with E-state index < -0.39 is 0 Å². The lowest BCUT2D eigenvalue weighted by Gasteiger charge is -2.28. The predicted octanol–water partition coefficient (Wildman–Crippen LogP) is -0.687. The molecule has 1 atom stereocenters. The van der Waals surface area contributed by atoms with E-state index >= 15 is 0 Å². The maximum absolute atomic E-state index is 12.0. The van der Waals surface area contributed by atoms with Crippen LogP contribution in [-0.2, 0) is 33.8 Å². The van der Waals surface area contributed by atoms with Crippen LogP contribution in [0.3, 0.4) is 0 Å². The SMILES string of the molecule is COCc1nc2n(n1)CC(NC(=NCC(=O)N(C)C)NCCN1CCOCC1)CC2.I. The summed E-state index contributed by atoms with van der Waals surface area (Å²) < 4.78 is 12.5. The van der Waals surface area contributed by atoms with Crippen molar-refractivity contribution in [3.63, 3.8) is 0 Å². The number of halogens is 1. The second kappa shape index (κ2) is 13.1. The van der Waals surface area contributed by atoms with Crippen molar-refractivity contribution in [2.45, 2.75) is 32.0 Å². The number of aliphatic imine (C=N–C) groups is 1. The van der Waals surface area contributed by atoms with E-state index in [4.69, 9.17) is 9.47 Å². The molecule has 0 radical (unpaired) electrons. The van der Waals surface area contributed by atoms with Crippen LogP contribution in [0, 0.1) is 0 Å². The number of guanidine groups is 1. The quantitative estimate of drug-likeness (QED) is 0.249. The van der Waals surface area contributed by atoms with E-state index in [0.29, 0.717) is 24.9 Å². The minimum atomic E-state index is -0.0318. The molecule has 3 heterocycles. The first-order valence-corrected chi connectivity index (χ1v) is 10.5. The number of hydrogen-bond donors (Lipinski definition) is 2. The molecule has 1 fully saturated rings. The Bertz CT molecular complexity index is 721. The number of aromatic nitrogens is 3. The Kier molecular flexibility index (Phi) is 10.9. The van der Waals surface area contributed by atoms with Gasteiger partial charge in [-0.05, 0) is 6.42 Å². The number of hydrogen-bond acceptors (Lipinski definition) is 7. The van der Waals surface area contributed by atoms with E-state index in [9.17, 15) is 4.79 Å². The number of morpholine rings is 1. The molecule has 11 nitrogen and oxygen atoms in total. The normalized spacial score (nSPS) is 19.3. The maximum atomic E-state index is 12.0. The first-order chi connectivity index (χ1) is 14.5. The van der Waals surface area contributed by atoms with E-state index in [1.165, 1.54) is 0 Å². The Morgan fingerprint density at radius 3 is 2.84 bits per heavy atom. The predicted molar refractivity (Wildman–Crippen MR) is 128 cm³/mol. The molecule has 1 aromatic heterocycles. The van der Waals surface area contributed by atoms with Crippen molar-refractivity contribution in [2.24, 2.45) is 4.99 Å². The van der Waals surface area contributed by atoms with Gasteiger partial charge in [-0.3, -0.25) is 9.69 Å². The van der Waals surface area contributed by atoms with Crippen molar-refractivity contribution in [3.8, 4) is 0 Å². The smallest absolute Gasteiger partial charge is 0.243 e. The molecule has 3 rings (SSSR count). The first-order valence-electron chi connectivity index (χ1n) is 10.5. The fourth-order valence-corrected chi connectivity index (χ4v) is 3.46. The van der Waals surface area contributed by atoms with E-state index in [2.05, 4.69) is 30.6 Å². The van der Waals surface area contributed by atoms with Gasteiger partial charge in [0.05, 0.1) is 19.8 Å². The highest BCUT2D eigenvalue weighted by molar-refractivity contribution is 14.0. The number of carbonyl (C=O) groups is 1. The second-order valence-corrected chi connectivity index (χ2v) is 7.77. The maximum Gasteiger partial charge on any atom is 0.243 e. The molecule has 1 unspecified atom stereocenters. The molecule has 12 heteroatoms.